The fraction of sp³-hybridized carbons (Fsp3) is 0.296. The molecule has 37 heavy (non-hydrogen) atoms. The quantitative estimate of drug-likeness (QED) is 0.159. The second kappa shape index (κ2) is 12.1. The van der Waals surface area contributed by atoms with Gasteiger partial charge in [0, 0.05) is 23.7 Å². The molecule has 1 fully saturated rings. The van der Waals surface area contributed by atoms with Gasteiger partial charge in [-0.25, -0.2) is 8.78 Å². The number of anilines is 1. The minimum absolute atomic E-state index is 0.0699. The molecule has 3 aromatic rings. The maximum Gasteiger partial charge on any atom is 0.233 e. The maximum absolute atomic E-state index is 13.5. The first-order valence-corrected chi connectivity index (χ1v) is 11.9. The lowest BCUT2D eigenvalue weighted by atomic mass is 9.78. The molecule has 3 atom stereocenters. The van der Waals surface area contributed by atoms with Crippen molar-refractivity contribution < 1.29 is 38.6 Å². The lowest BCUT2D eigenvalue weighted by Gasteiger charge is -2.48. The fourth-order valence-electron chi connectivity index (χ4n) is 4.49. The summed E-state index contributed by atoms with van der Waals surface area (Å²) in [6.45, 7) is 0.511. The van der Waals surface area contributed by atoms with E-state index in [-0.39, 0.29) is 31.3 Å². The van der Waals surface area contributed by atoms with Crippen molar-refractivity contribution in [3.63, 3.8) is 0 Å². The Morgan fingerprint density at radius 3 is 2.30 bits per heavy atom. The van der Waals surface area contributed by atoms with Crippen molar-refractivity contribution in [1.29, 1.82) is 0 Å². The number of hydrogen-bond donors (Lipinski definition) is 4. The first kappa shape index (κ1) is 26.5. The smallest absolute Gasteiger partial charge is 0.233 e. The summed E-state index contributed by atoms with van der Waals surface area (Å²) in [5.41, 5.74) is 3.11. The molecule has 0 aromatic heterocycles. The molecule has 3 aromatic carbocycles. The summed E-state index contributed by atoms with van der Waals surface area (Å²) in [5, 5.41) is 29.8. The Balaban J connectivity index is 1.52. The van der Waals surface area contributed by atoms with Gasteiger partial charge in [0.1, 0.15) is 23.1 Å². The minimum atomic E-state index is -0.886. The molecule has 0 saturated carbocycles. The molecule has 2 unspecified atom stereocenters. The molecule has 1 saturated heterocycles. The molecule has 8 nitrogen and oxygen atoms in total. The monoisotopic (exact) mass is 514 g/mol. The van der Waals surface area contributed by atoms with Crippen LogP contribution < -0.4 is 15.3 Å². The number of aromatic hydroxyl groups is 1. The third kappa shape index (κ3) is 6.23. The molecular weight excluding hydrogens is 486 g/mol. The van der Waals surface area contributed by atoms with E-state index in [0.29, 0.717) is 35.4 Å². The number of benzene rings is 3. The predicted molar refractivity (Wildman–Crippen MR) is 130 cm³/mol. The van der Waals surface area contributed by atoms with Crippen LogP contribution in [0.4, 0.5) is 14.5 Å². The summed E-state index contributed by atoms with van der Waals surface area (Å²) >= 11 is 0. The normalized spacial score (nSPS) is 17.9. The number of ether oxygens (including phenoxy) is 1. The number of aliphatic hydroxyl groups excluding tert-OH is 1. The number of rotatable bonds is 12. The molecule has 4 rings (SSSR count). The van der Waals surface area contributed by atoms with Gasteiger partial charge in [0.2, 0.25) is 5.91 Å². The molecule has 1 aliphatic heterocycles. The van der Waals surface area contributed by atoms with Crippen molar-refractivity contribution in [3.8, 4) is 11.5 Å². The van der Waals surface area contributed by atoms with Crippen molar-refractivity contribution >= 4 is 11.6 Å². The van der Waals surface area contributed by atoms with Gasteiger partial charge in [0.15, 0.2) is 0 Å². The van der Waals surface area contributed by atoms with E-state index < -0.39 is 29.7 Å². The van der Waals surface area contributed by atoms with Crippen LogP contribution >= 0.6 is 0 Å². The maximum atomic E-state index is 13.5. The van der Waals surface area contributed by atoms with E-state index in [1.165, 1.54) is 59.5 Å². The molecule has 4 N–H and O–H groups in total. The zero-order valence-electron chi connectivity index (χ0n) is 19.9. The summed E-state index contributed by atoms with van der Waals surface area (Å²) in [5.74, 6) is -1.24. The van der Waals surface area contributed by atoms with Crippen molar-refractivity contribution in [2.75, 3.05) is 18.1 Å². The molecule has 0 radical (unpaired) electrons. The molecule has 10 heteroatoms. The Kier molecular flexibility index (Phi) is 8.67. The number of phenols is 1. The van der Waals surface area contributed by atoms with Gasteiger partial charge < -0.3 is 19.8 Å². The lowest BCUT2D eigenvalue weighted by Crippen LogP contribution is -2.55. The number of carbonyl (C=O) groups is 1. The summed E-state index contributed by atoms with van der Waals surface area (Å²) < 4.78 is 32.3. The average Bonchev–Trinajstić information content (AvgIpc) is 2.89. The first-order chi connectivity index (χ1) is 17.9. The van der Waals surface area contributed by atoms with E-state index in [0.717, 1.165) is 0 Å². The van der Waals surface area contributed by atoms with E-state index in [2.05, 4.69) is 4.84 Å². The Morgan fingerprint density at radius 2 is 1.65 bits per heavy atom. The Labute approximate surface area is 212 Å². The number of nitrogens with one attached hydrogen (secondary N) is 1. The van der Waals surface area contributed by atoms with Gasteiger partial charge >= 0.3 is 0 Å². The molecule has 1 amide bonds. The van der Waals surface area contributed by atoms with Crippen LogP contribution in [0, 0.1) is 17.6 Å². The van der Waals surface area contributed by atoms with Crippen LogP contribution in [0.5, 0.6) is 11.5 Å². The topological polar surface area (TPSA) is 111 Å². The second-order valence-electron chi connectivity index (χ2n) is 8.74. The van der Waals surface area contributed by atoms with Gasteiger partial charge in [-0.15, -0.1) is 0 Å². The first-order valence-electron chi connectivity index (χ1n) is 11.9. The number of β-lactam (4-membered cyclic amide) rings is 1. The third-order valence-corrected chi connectivity index (χ3v) is 6.37. The number of amides is 1. The van der Waals surface area contributed by atoms with Gasteiger partial charge in [0.05, 0.1) is 31.3 Å². The van der Waals surface area contributed by atoms with E-state index in [1.807, 2.05) is 0 Å². The van der Waals surface area contributed by atoms with E-state index >= 15 is 0 Å². The van der Waals surface area contributed by atoms with Crippen LogP contribution in [0.25, 0.3) is 0 Å². The standard InChI is InChI=1S/C27H28F2N2O6/c28-18-4-2-17(3-5-18)24(32)13-12-23-26(31(27(23)34)20-8-6-19(29)7-9-20)22-11-10-21(16-25(22)33)36-14-1-15-37-30-35/h2-11,16,23-24,26,30,32-33,35H,1,12-15H2/t23-,24?,26?/m1/s1. The molecule has 1 heterocycles. The van der Waals surface area contributed by atoms with Crippen LogP contribution in [0.3, 0.4) is 0 Å². The van der Waals surface area contributed by atoms with Crippen LogP contribution in [0.15, 0.2) is 66.7 Å². The molecule has 0 aliphatic carbocycles. The van der Waals surface area contributed by atoms with Gasteiger partial charge in [-0.1, -0.05) is 17.8 Å². The van der Waals surface area contributed by atoms with Crippen LogP contribution in [0.1, 0.15) is 42.5 Å². The Hall–Kier alpha value is -3.57. The molecule has 0 spiro atoms. The number of aliphatic hydroxyl groups is 1. The number of nitrogens with zero attached hydrogens (tertiary/aromatic N) is 1. The molecule has 0 bridgehead atoms. The molecule has 1 aliphatic rings. The highest BCUT2D eigenvalue weighted by Gasteiger charge is 2.49. The van der Waals surface area contributed by atoms with Crippen LogP contribution in [-0.4, -0.2) is 34.5 Å². The van der Waals surface area contributed by atoms with Crippen molar-refractivity contribution in [1.82, 2.24) is 5.64 Å². The van der Waals surface area contributed by atoms with E-state index in [9.17, 15) is 23.8 Å². The van der Waals surface area contributed by atoms with Crippen LogP contribution in [0.2, 0.25) is 0 Å². The average molecular weight is 515 g/mol. The number of carbonyl (C=O) groups excluding carboxylic acids is 1. The highest BCUT2D eigenvalue weighted by molar-refractivity contribution is 6.03. The summed E-state index contributed by atoms with van der Waals surface area (Å²) in [7, 11) is 0. The summed E-state index contributed by atoms with van der Waals surface area (Å²) in [6.07, 6.45) is 0.173. The summed E-state index contributed by atoms with van der Waals surface area (Å²) in [6, 6.07) is 15.3. The Bertz CT molecular complexity index is 1190. The highest BCUT2D eigenvalue weighted by atomic mass is 19.1. The summed E-state index contributed by atoms with van der Waals surface area (Å²) in [4.78, 5) is 19.3. The van der Waals surface area contributed by atoms with E-state index in [4.69, 9.17) is 9.94 Å². The fourth-order valence-corrected chi connectivity index (χ4v) is 4.49. The third-order valence-electron chi connectivity index (χ3n) is 6.37. The van der Waals surface area contributed by atoms with Crippen molar-refractivity contribution in [2.24, 2.45) is 5.92 Å². The predicted octanol–water partition coefficient (Wildman–Crippen LogP) is 4.57. The largest absolute Gasteiger partial charge is 0.507 e. The van der Waals surface area contributed by atoms with Gasteiger partial charge in [-0.05, 0) is 66.9 Å². The van der Waals surface area contributed by atoms with Crippen LogP contribution in [-0.2, 0) is 9.63 Å². The number of halogens is 2. The van der Waals surface area contributed by atoms with Gasteiger partial charge in [-0.2, -0.15) is 0 Å². The van der Waals surface area contributed by atoms with Crippen molar-refractivity contribution in [2.45, 2.75) is 31.4 Å². The number of hydrogen-bond acceptors (Lipinski definition) is 7. The Morgan fingerprint density at radius 1 is 0.973 bits per heavy atom. The molecule has 196 valence electrons. The zero-order valence-corrected chi connectivity index (χ0v) is 19.9. The molecular formula is C27H28F2N2O6. The second-order valence-corrected chi connectivity index (χ2v) is 8.74. The van der Waals surface area contributed by atoms with Gasteiger partial charge in [0.25, 0.3) is 0 Å². The zero-order chi connectivity index (χ0) is 26.4. The van der Waals surface area contributed by atoms with E-state index in [1.54, 1.807) is 17.8 Å². The SMILES string of the molecule is O=C1[C@H](CCC(O)c2ccc(F)cc2)C(c2ccc(OCCCONO)cc2O)N1c1ccc(F)cc1. The van der Waals surface area contributed by atoms with Gasteiger partial charge in [-0.3, -0.25) is 14.8 Å². The number of phenolic OH excluding ortho intramolecular Hbond substituents is 1. The van der Waals surface area contributed by atoms with Crippen molar-refractivity contribution in [3.05, 3.63) is 89.5 Å². The highest BCUT2D eigenvalue weighted by Crippen LogP contribution is 2.49. The minimum Gasteiger partial charge on any atom is -0.507 e. The lowest BCUT2D eigenvalue weighted by molar-refractivity contribution is -0.131.